The third-order valence-corrected chi connectivity index (χ3v) is 9.76. The van der Waals surface area contributed by atoms with Crippen LogP contribution in [0.25, 0.3) is 16.7 Å². The van der Waals surface area contributed by atoms with Crippen molar-refractivity contribution in [2.45, 2.75) is 105 Å². The first kappa shape index (κ1) is 40.4. The van der Waals surface area contributed by atoms with E-state index in [1.165, 1.54) is 4.90 Å². The molecule has 2 amide bonds. The van der Waals surface area contributed by atoms with E-state index >= 15 is 0 Å². The van der Waals surface area contributed by atoms with Crippen LogP contribution in [0.4, 0.5) is 9.59 Å². The lowest BCUT2D eigenvalue weighted by Crippen LogP contribution is -2.38. The second-order valence-corrected chi connectivity index (χ2v) is 17.7. The number of aromatic nitrogens is 2. The molecule has 0 spiro atoms. The number of carbonyl (C=O) groups excluding carboxylic acids is 3. The summed E-state index contributed by atoms with van der Waals surface area (Å²) in [5, 5.41) is 9.54. The van der Waals surface area contributed by atoms with Gasteiger partial charge in [0, 0.05) is 26.2 Å². The van der Waals surface area contributed by atoms with Gasteiger partial charge >= 0.3 is 29.8 Å². The summed E-state index contributed by atoms with van der Waals surface area (Å²) < 4.78 is 18.8. The van der Waals surface area contributed by atoms with Gasteiger partial charge in [0.2, 0.25) is 0 Å². The first-order valence-corrected chi connectivity index (χ1v) is 18.8. The maximum Gasteiger partial charge on any atom is 0.410 e. The van der Waals surface area contributed by atoms with Gasteiger partial charge in [-0.25, -0.2) is 14.4 Å². The van der Waals surface area contributed by atoms with Crippen molar-refractivity contribution < 1.29 is 38.5 Å². The van der Waals surface area contributed by atoms with Gasteiger partial charge in [-0.1, -0.05) is 18.2 Å². The molecular formula is C41H56N4O9. The normalized spacial score (nSPS) is 19.1. The molecule has 2 N–H and O–H groups in total. The van der Waals surface area contributed by atoms with Crippen LogP contribution in [0, 0.1) is 23.7 Å². The van der Waals surface area contributed by atoms with Gasteiger partial charge in [-0.3, -0.25) is 14.2 Å². The zero-order chi connectivity index (χ0) is 39.7. The van der Waals surface area contributed by atoms with Crippen LogP contribution in [0.2, 0.25) is 0 Å². The molecule has 13 nitrogen and oxygen atoms in total. The fraction of sp³-hybridized carbons (Fsp3) is 0.585. The summed E-state index contributed by atoms with van der Waals surface area (Å²) in [5.74, 6) is -2.15. The van der Waals surface area contributed by atoms with Crippen LogP contribution in [0.15, 0.2) is 47.3 Å². The van der Waals surface area contributed by atoms with E-state index in [1.54, 1.807) is 30.2 Å². The third kappa shape index (κ3) is 10.2. The summed E-state index contributed by atoms with van der Waals surface area (Å²) in [7, 11) is 0. The summed E-state index contributed by atoms with van der Waals surface area (Å²) in [4.78, 5) is 71.1. The second kappa shape index (κ2) is 15.5. The number of amides is 2. The molecule has 0 unspecified atom stereocenters. The highest BCUT2D eigenvalue weighted by Crippen LogP contribution is 2.33. The van der Waals surface area contributed by atoms with E-state index in [2.05, 4.69) is 4.98 Å². The first-order chi connectivity index (χ1) is 25.1. The molecule has 2 aliphatic heterocycles. The largest absolute Gasteiger partial charge is 0.465 e. The Labute approximate surface area is 316 Å². The Kier molecular flexibility index (Phi) is 11.6. The lowest BCUT2D eigenvalue weighted by molar-refractivity contribution is -0.163. The molecule has 2 aromatic carbocycles. The van der Waals surface area contributed by atoms with Gasteiger partial charge in [0.25, 0.3) is 0 Å². The monoisotopic (exact) mass is 748 g/mol. The molecule has 0 bridgehead atoms. The molecule has 3 heterocycles. The summed E-state index contributed by atoms with van der Waals surface area (Å²) in [6.45, 7) is 17.8. The number of H-pyrrole nitrogens is 1. The smallest absolute Gasteiger partial charge is 0.410 e. The van der Waals surface area contributed by atoms with E-state index < -0.39 is 40.8 Å². The maximum atomic E-state index is 13.7. The minimum Gasteiger partial charge on any atom is -0.465 e. The van der Waals surface area contributed by atoms with E-state index in [9.17, 15) is 29.1 Å². The zero-order valence-electron chi connectivity index (χ0n) is 33.1. The van der Waals surface area contributed by atoms with Crippen LogP contribution in [0.5, 0.6) is 0 Å². The number of ether oxygens (including phenoxy) is 3. The number of carbonyl (C=O) groups is 4. The lowest BCUT2D eigenvalue weighted by atomic mass is 9.85. The number of nitrogens with zero attached hydrogens (tertiary/aromatic N) is 3. The average Bonchev–Trinajstić information content (AvgIpc) is 3.79. The molecule has 54 heavy (non-hydrogen) atoms. The SMILES string of the molecule is CC(C)(C)OC(=O)[C@H](Cc1ccc2c(c1)[nH]c(=O)n2-c1cccc(C[C@@H](C(=O)OC(C)(C)C)[C@@H]2CCN(C(=O)OC(C)(C)C)C2)c1)[C@@H]1CCN(C(=O)O)C1. The van der Waals surface area contributed by atoms with E-state index in [-0.39, 0.29) is 36.0 Å². The molecule has 0 radical (unpaired) electrons. The number of imidazole rings is 1. The second-order valence-electron chi connectivity index (χ2n) is 17.7. The number of benzene rings is 2. The number of aromatic amines is 1. The molecule has 5 rings (SSSR count). The Morgan fingerprint density at radius 1 is 0.741 bits per heavy atom. The molecule has 3 aromatic rings. The molecule has 4 atom stereocenters. The van der Waals surface area contributed by atoms with E-state index in [4.69, 9.17) is 14.2 Å². The topological polar surface area (TPSA) is 160 Å². The van der Waals surface area contributed by atoms with Gasteiger partial charge in [-0.15, -0.1) is 0 Å². The number of rotatable bonds is 9. The minimum atomic E-state index is -1.01. The van der Waals surface area contributed by atoms with Crippen molar-refractivity contribution in [3.8, 4) is 5.69 Å². The van der Waals surface area contributed by atoms with Crippen molar-refractivity contribution in [3.05, 3.63) is 64.1 Å². The van der Waals surface area contributed by atoms with Crippen LogP contribution in [-0.4, -0.2) is 91.6 Å². The van der Waals surface area contributed by atoms with Gasteiger partial charge in [0.1, 0.15) is 16.8 Å². The van der Waals surface area contributed by atoms with Crippen LogP contribution >= 0.6 is 0 Å². The quantitative estimate of drug-likeness (QED) is 0.182. The third-order valence-electron chi connectivity index (χ3n) is 9.76. The van der Waals surface area contributed by atoms with Crippen LogP contribution in [-0.2, 0) is 36.6 Å². The summed E-state index contributed by atoms with van der Waals surface area (Å²) in [6, 6.07) is 13.1. The summed E-state index contributed by atoms with van der Waals surface area (Å²) in [6.07, 6.45) is 0.447. The predicted octanol–water partition coefficient (Wildman–Crippen LogP) is 6.58. The highest BCUT2D eigenvalue weighted by atomic mass is 16.6. The van der Waals surface area contributed by atoms with Crippen molar-refractivity contribution in [2.24, 2.45) is 23.7 Å². The fourth-order valence-electron chi connectivity index (χ4n) is 7.41. The number of likely N-dealkylation sites (tertiary alicyclic amines) is 2. The molecule has 0 aliphatic carbocycles. The Balaban J connectivity index is 1.39. The summed E-state index contributed by atoms with van der Waals surface area (Å²) >= 11 is 0. The minimum absolute atomic E-state index is 0.147. The van der Waals surface area contributed by atoms with Gasteiger partial charge in [-0.2, -0.15) is 0 Å². The molecule has 2 saturated heterocycles. The van der Waals surface area contributed by atoms with Crippen LogP contribution in [0.3, 0.4) is 0 Å². The van der Waals surface area contributed by atoms with Gasteiger partial charge in [0.05, 0.1) is 28.6 Å². The van der Waals surface area contributed by atoms with Crippen molar-refractivity contribution in [1.82, 2.24) is 19.4 Å². The fourth-order valence-corrected chi connectivity index (χ4v) is 7.41. The van der Waals surface area contributed by atoms with E-state index in [0.717, 1.165) is 11.1 Å². The zero-order valence-corrected chi connectivity index (χ0v) is 33.1. The number of nitrogens with one attached hydrogen (secondary N) is 1. The van der Waals surface area contributed by atoms with Gasteiger partial charge in [0.15, 0.2) is 0 Å². The van der Waals surface area contributed by atoms with Gasteiger partial charge in [-0.05, 0) is 135 Å². The van der Waals surface area contributed by atoms with Crippen LogP contribution < -0.4 is 5.69 Å². The van der Waals surface area contributed by atoms with Crippen molar-refractivity contribution in [3.63, 3.8) is 0 Å². The number of hydrogen-bond acceptors (Lipinski definition) is 8. The summed E-state index contributed by atoms with van der Waals surface area (Å²) in [5.41, 5.74) is 1.12. The molecule has 1 aromatic heterocycles. The van der Waals surface area contributed by atoms with E-state index in [1.807, 2.05) is 84.0 Å². The molecule has 294 valence electrons. The molecule has 2 aliphatic rings. The number of fused-ring (bicyclic) bond motifs is 1. The van der Waals surface area contributed by atoms with Crippen LogP contribution in [0.1, 0.15) is 86.3 Å². The Morgan fingerprint density at radius 2 is 1.26 bits per heavy atom. The van der Waals surface area contributed by atoms with Crippen molar-refractivity contribution >= 4 is 35.2 Å². The Hall–Kier alpha value is -4.81. The number of hydrogen-bond donors (Lipinski definition) is 2. The Bertz CT molecular complexity index is 1930. The van der Waals surface area contributed by atoms with Crippen molar-refractivity contribution in [1.29, 1.82) is 0 Å². The van der Waals surface area contributed by atoms with Crippen molar-refractivity contribution in [2.75, 3.05) is 26.2 Å². The molecular weight excluding hydrogens is 692 g/mol. The number of carboxylic acid groups (broad SMARTS) is 1. The van der Waals surface area contributed by atoms with E-state index in [0.29, 0.717) is 62.0 Å². The Morgan fingerprint density at radius 3 is 1.78 bits per heavy atom. The van der Waals surface area contributed by atoms with Gasteiger partial charge < -0.3 is 34.1 Å². The highest BCUT2D eigenvalue weighted by Gasteiger charge is 2.40. The number of esters is 2. The molecule has 13 heteroatoms. The molecule has 2 fully saturated rings. The lowest BCUT2D eigenvalue weighted by Gasteiger charge is -2.28. The average molecular weight is 749 g/mol. The maximum absolute atomic E-state index is 13.7. The standard InChI is InChI=1S/C41H56N4O9/c1-39(2,3)52-34(46)30(28-16-18-44(24-28)38(51)54-41(7,8)9)20-25-11-10-12-29(19-25)45-33-14-13-26(22-32(33)42-36(45)48)21-31(35(47)53-40(4,5)6)27-15-17-43(23-27)37(49)50/h10-14,19,22,27-28,30-31H,15-18,20-21,23-24H2,1-9H3,(H,42,48)(H,49,50)/t27-,28-,30-,31-/m1/s1. The highest BCUT2D eigenvalue weighted by molar-refractivity contribution is 5.79. The first-order valence-electron chi connectivity index (χ1n) is 18.8. The molecule has 0 saturated carbocycles. The predicted molar refractivity (Wildman–Crippen MR) is 204 cm³/mol.